The minimum Gasteiger partial charge on any atom is -0.394 e. The molecule has 0 atom stereocenters. The summed E-state index contributed by atoms with van der Waals surface area (Å²) < 4.78 is 50.6. The van der Waals surface area contributed by atoms with Crippen LogP contribution in [0.15, 0.2) is 42.5 Å². The highest BCUT2D eigenvalue weighted by Crippen LogP contribution is 2.30. The van der Waals surface area contributed by atoms with Gasteiger partial charge in [0.15, 0.2) is 0 Å². The average Bonchev–Trinajstić information content (AvgIpc) is 3.32. The molecular weight excluding hydrogens is 501 g/mol. The van der Waals surface area contributed by atoms with Crippen molar-refractivity contribution in [1.29, 1.82) is 0 Å². The van der Waals surface area contributed by atoms with E-state index in [2.05, 4.69) is 5.32 Å². The monoisotopic (exact) mass is 535 g/mol. The number of sulfonamides is 1. The van der Waals surface area contributed by atoms with Crippen LogP contribution in [0.3, 0.4) is 0 Å². The molecule has 202 valence electrons. The largest absolute Gasteiger partial charge is 0.394 e. The van der Waals surface area contributed by atoms with E-state index >= 15 is 0 Å². The second-order valence-corrected chi connectivity index (χ2v) is 11.3. The average molecular weight is 536 g/mol. The van der Waals surface area contributed by atoms with Gasteiger partial charge in [-0.2, -0.15) is 0 Å². The number of piperidine rings is 1. The maximum atomic E-state index is 13.4. The third kappa shape index (κ3) is 7.48. The fraction of sp³-hybridized carbons (Fsp3) is 0.500. The van der Waals surface area contributed by atoms with Crippen LogP contribution in [0.25, 0.3) is 0 Å². The van der Waals surface area contributed by atoms with Crippen molar-refractivity contribution in [2.24, 2.45) is 0 Å². The summed E-state index contributed by atoms with van der Waals surface area (Å²) in [6, 6.07) is 12.0. The number of rotatable bonds is 11. The standard InChI is InChI=1S/C26H34FN3O6S/c27-24-4-1-22-18-29(19-23(22)17-24)26(32)28-25-5-2-20(3-6-25)21-7-9-30(10-8-21)37(33,34)16-15-36-14-13-35-12-11-31/h1-6,17,21,31H,7-16,18-19H2,(H,28,32). The molecule has 0 bridgehead atoms. The van der Waals surface area contributed by atoms with Gasteiger partial charge in [0.25, 0.3) is 0 Å². The van der Waals surface area contributed by atoms with E-state index in [9.17, 15) is 17.6 Å². The van der Waals surface area contributed by atoms with Crippen LogP contribution in [-0.4, -0.2) is 80.6 Å². The first-order valence-electron chi connectivity index (χ1n) is 12.5. The molecular formula is C26H34FN3O6S. The van der Waals surface area contributed by atoms with E-state index in [1.54, 1.807) is 11.0 Å². The Hall–Kier alpha value is -2.57. The summed E-state index contributed by atoms with van der Waals surface area (Å²) in [4.78, 5) is 14.3. The van der Waals surface area contributed by atoms with Crippen molar-refractivity contribution in [2.75, 3.05) is 57.2 Å². The summed E-state index contributed by atoms with van der Waals surface area (Å²) in [6.07, 6.45) is 1.45. The molecule has 0 aromatic heterocycles. The van der Waals surface area contributed by atoms with Gasteiger partial charge < -0.3 is 24.8 Å². The first-order chi connectivity index (χ1) is 17.9. The smallest absolute Gasteiger partial charge is 0.322 e. The molecule has 2 amide bonds. The van der Waals surface area contributed by atoms with Crippen molar-refractivity contribution in [3.05, 3.63) is 65.0 Å². The van der Waals surface area contributed by atoms with E-state index in [0.29, 0.717) is 45.1 Å². The highest BCUT2D eigenvalue weighted by Gasteiger charge is 2.29. The van der Waals surface area contributed by atoms with Gasteiger partial charge in [0.1, 0.15) is 5.82 Å². The molecule has 4 rings (SSSR count). The molecule has 2 aliphatic heterocycles. The Morgan fingerprint density at radius 2 is 1.65 bits per heavy atom. The molecule has 2 N–H and O–H groups in total. The summed E-state index contributed by atoms with van der Waals surface area (Å²) in [5.41, 5.74) is 3.58. The molecule has 2 aliphatic rings. The van der Waals surface area contributed by atoms with Crippen molar-refractivity contribution in [3.63, 3.8) is 0 Å². The lowest BCUT2D eigenvalue weighted by Crippen LogP contribution is -2.40. The SMILES string of the molecule is O=C(Nc1ccc(C2CCN(S(=O)(=O)CCOCCOCCO)CC2)cc1)N1Cc2ccc(F)cc2C1. The number of nitrogens with one attached hydrogen (secondary N) is 1. The summed E-state index contributed by atoms with van der Waals surface area (Å²) >= 11 is 0. The number of urea groups is 1. The predicted molar refractivity (Wildman–Crippen MR) is 137 cm³/mol. The van der Waals surface area contributed by atoms with Gasteiger partial charge in [-0.05, 0) is 59.7 Å². The quantitative estimate of drug-likeness (QED) is 0.429. The normalized spacial score (nSPS) is 16.6. The number of ether oxygens (including phenoxy) is 2. The zero-order valence-electron chi connectivity index (χ0n) is 20.8. The molecule has 2 heterocycles. The number of benzene rings is 2. The molecule has 2 aromatic carbocycles. The van der Waals surface area contributed by atoms with Crippen LogP contribution in [0, 0.1) is 5.82 Å². The molecule has 0 saturated carbocycles. The number of carbonyl (C=O) groups excluding carboxylic acids is 1. The Labute approximate surface area is 217 Å². The molecule has 9 nitrogen and oxygen atoms in total. The predicted octanol–water partition coefficient (Wildman–Crippen LogP) is 2.91. The van der Waals surface area contributed by atoms with E-state index in [-0.39, 0.29) is 43.3 Å². The molecule has 2 aromatic rings. The Morgan fingerprint density at radius 1 is 0.973 bits per heavy atom. The van der Waals surface area contributed by atoms with Crippen molar-refractivity contribution in [2.45, 2.75) is 31.8 Å². The Balaban J connectivity index is 1.20. The van der Waals surface area contributed by atoms with Crippen molar-refractivity contribution in [1.82, 2.24) is 9.21 Å². The van der Waals surface area contributed by atoms with E-state index in [1.165, 1.54) is 16.4 Å². The Kier molecular flexibility index (Phi) is 9.49. The first-order valence-corrected chi connectivity index (χ1v) is 14.1. The maximum Gasteiger partial charge on any atom is 0.322 e. The number of amides is 2. The minimum absolute atomic E-state index is 0.0521. The molecule has 0 unspecified atom stereocenters. The highest BCUT2D eigenvalue weighted by atomic mass is 32.2. The van der Waals surface area contributed by atoms with Gasteiger partial charge in [0.05, 0.1) is 38.8 Å². The van der Waals surface area contributed by atoms with Crippen molar-refractivity contribution >= 4 is 21.7 Å². The van der Waals surface area contributed by atoms with E-state index in [1.807, 2.05) is 24.3 Å². The van der Waals surface area contributed by atoms with Crippen molar-refractivity contribution < 1.29 is 32.2 Å². The molecule has 0 aliphatic carbocycles. The number of aliphatic hydroxyl groups is 1. The van der Waals surface area contributed by atoms with Gasteiger partial charge in [-0.15, -0.1) is 0 Å². The number of aliphatic hydroxyl groups excluding tert-OH is 1. The number of hydrogen-bond acceptors (Lipinski definition) is 6. The molecule has 0 spiro atoms. The number of anilines is 1. The minimum atomic E-state index is -3.38. The second kappa shape index (κ2) is 12.8. The second-order valence-electron chi connectivity index (χ2n) is 9.26. The lowest BCUT2D eigenvalue weighted by atomic mass is 9.90. The van der Waals surface area contributed by atoms with Crippen LogP contribution in [-0.2, 0) is 32.6 Å². The van der Waals surface area contributed by atoms with Crippen LogP contribution in [0.5, 0.6) is 0 Å². The third-order valence-corrected chi connectivity index (χ3v) is 8.59. The summed E-state index contributed by atoms with van der Waals surface area (Å²) in [6.45, 7) is 2.66. The number of halogens is 1. The number of carbonyl (C=O) groups is 1. The molecule has 1 saturated heterocycles. The maximum absolute atomic E-state index is 13.4. The topological polar surface area (TPSA) is 108 Å². The molecule has 0 radical (unpaired) electrons. The fourth-order valence-corrected chi connectivity index (χ4v) is 6.05. The Bertz CT molecular complexity index is 1150. The van der Waals surface area contributed by atoms with Gasteiger partial charge in [0, 0.05) is 31.9 Å². The zero-order chi connectivity index (χ0) is 26.3. The molecule has 11 heteroatoms. The van der Waals surface area contributed by atoms with Crippen LogP contribution >= 0.6 is 0 Å². The number of hydrogen-bond donors (Lipinski definition) is 2. The lowest BCUT2D eigenvalue weighted by molar-refractivity contribution is 0.0373. The summed E-state index contributed by atoms with van der Waals surface area (Å²) in [5.74, 6) is -0.117. The van der Waals surface area contributed by atoms with Gasteiger partial charge >= 0.3 is 6.03 Å². The van der Waals surface area contributed by atoms with Crippen LogP contribution in [0.2, 0.25) is 0 Å². The van der Waals surface area contributed by atoms with Crippen LogP contribution < -0.4 is 5.32 Å². The molecule has 1 fully saturated rings. The van der Waals surface area contributed by atoms with E-state index in [0.717, 1.165) is 29.5 Å². The number of nitrogens with zero attached hydrogens (tertiary/aromatic N) is 2. The summed E-state index contributed by atoms with van der Waals surface area (Å²) in [5, 5.41) is 11.6. The fourth-order valence-electron chi connectivity index (χ4n) is 4.70. The van der Waals surface area contributed by atoms with Gasteiger partial charge in [-0.25, -0.2) is 21.9 Å². The van der Waals surface area contributed by atoms with Gasteiger partial charge in [0.2, 0.25) is 10.0 Å². The van der Waals surface area contributed by atoms with Gasteiger partial charge in [-0.3, -0.25) is 0 Å². The molecule has 37 heavy (non-hydrogen) atoms. The van der Waals surface area contributed by atoms with Gasteiger partial charge in [-0.1, -0.05) is 18.2 Å². The first kappa shape index (κ1) is 27.5. The van der Waals surface area contributed by atoms with Crippen molar-refractivity contribution in [3.8, 4) is 0 Å². The van der Waals surface area contributed by atoms with Crippen LogP contribution in [0.4, 0.5) is 14.9 Å². The third-order valence-electron chi connectivity index (χ3n) is 6.75. The number of fused-ring (bicyclic) bond motifs is 1. The zero-order valence-corrected chi connectivity index (χ0v) is 21.6. The van der Waals surface area contributed by atoms with Crippen LogP contribution in [0.1, 0.15) is 35.4 Å². The highest BCUT2D eigenvalue weighted by molar-refractivity contribution is 7.89. The van der Waals surface area contributed by atoms with E-state index < -0.39 is 10.0 Å². The Morgan fingerprint density at radius 3 is 2.35 bits per heavy atom. The summed E-state index contributed by atoms with van der Waals surface area (Å²) in [7, 11) is -3.38. The lowest BCUT2D eigenvalue weighted by Gasteiger charge is -2.31. The van der Waals surface area contributed by atoms with E-state index in [4.69, 9.17) is 14.6 Å².